The number of carbonyl (C=O) groups excluding carboxylic acids is 2. The molecule has 0 spiro atoms. The molecule has 3 rings (SSSR count). The second-order valence-corrected chi connectivity index (χ2v) is 7.63. The maximum atomic E-state index is 12.0. The van der Waals surface area contributed by atoms with Crippen molar-refractivity contribution in [1.82, 2.24) is 15.5 Å². The van der Waals surface area contributed by atoms with Gasteiger partial charge in [-0.25, -0.2) is 0 Å². The fourth-order valence-electron chi connectivity index (χ4n) is 3.92. The summed E-state index contributed by atoms with van der Waals surface area (Å²) >= 11 is 0. The first-order valence-corrected chi connectivity index (χ1v) is 9.50. The van der Waals surface area contributed by atoms with E-state index in [2.05, 4.69) is 15.5 Å². The molecule has 2 N–H and O–H groups in total. The van der Waals surface area contributed by atoms with E-state index in [1.54, 1.807) is 0 Å². The first-order valence-electron chi connectivity index (χ1n) is 9.50. The van der Waals surface area contributed by atoms with E-state index in [0.29, 0.717) is 19.0 Å². The third kappa shape index (κ3) is 5.48. The summed E-state index contributed by atoms with van der Waals surface area (Å²) in [5, 5.41) is 6.08. The molecule has 0 bridgehead atoms. The Hall–Kier alpha value is -1.10. The third-order valence-electron chi connectivity index (χ3n) is 5.46. The van der Waals surface area contributed by atoms with E-state index >= 15 is 0 Å². The molecule has 0 aromatic rings. The highest BCUT2D eigenvalue weighted by atomic mass is 16.2. The van der Waals surface area contributed by atoms with Crippen LogP contribution in [0.2, 0.25) is 0 Å². The first-order chi connectivity index (χ1) is 11.2. The van der Waals surface area contributed by atoms with Gasteiger partial charge < -0.3 is 15.5 Å². The fraction of sp³-hybridized carbons (Fsp3) is 0.889. The Bertz CT molecular complexity index is 416. The van der Waals surface area contributed by atoms with Gasteiger partial charge in [-0.3, -0.25) is 9.59 Å². The molecule has 0 radical (unpaired) electrons. The lowest BCUT2D eigenvalue weighted by Crippen LogP contribution is -2.38. The Morgan fingerprint density at radius 1 is 1.04 bits per heavy atom. The van der Waals surface area contributed by atoms with E-state index in [4.69, 9.17) is 0 Å². The number of hydrogen-bond donors (Lipinski definition) is 2. The van der Waals surface area contributed by atoms with Crippen LogP contribution >= 0.6 is 0 Å². The summed E-state index contributed by atoms with van der Waals surface area (Å²) < 4.78 is 0. The van der Waals surface area contributed by atoms with Gasteiger partial charge in [0.25, 0.3) is 0 Å². The molecule has 2 aliphatic carbocycles. The van der Waals surface area contributed by atoms with Gasteiger partial charge in [0.1, 0.15) is 0 Å². The molecule has 2 amide bonds. The van der Waals surface area contributed by atoms with Crippen LogP contribution in [0.5, 0.6) is 0 Å². The van der Waals surface area contributed by atoms with E-state index in [1.807, 2.05) is 0 Å². The molecular weight excluding hydrogens is 290 g/mol. The highest BCUT2D eigenvalue weighted by Gasteiger charge is 2.29. The topological polar surface area (TPSA) is 61.4 Å². The number of carbonyl (C=O) groups is 2. The summed E-state index contributed by atoms with van der Waals surface area (Å²) in [5.41, 5.74) is 0. The molecule has 5 heteroatoms. The van der Waals surface area contributed by atoms with E-state index in [-0.39, 0.29) is 17.7 Å². The Labute approximate surface area is 139 Å². The Kier molecular flexibility index (Phi) is 5.92. The summed E-state index contributed by atoms with van der Waals surface area (Å²) in [7, 11) is 0. The van der Waals surface area contributed by atoms with Crippen molar-refractivity contribution in [1.29, 1.82) is 0 Å². The highest BCUT2D eigenvalue weighted by molar-refractivity contribution is 5.81. The fourth-order valence-corrected chi connectivity index (χ4v) is 3.92. The minimum atomic E-state index is 0.137. The average molecular weight is 321 g/mol. The minimum Gasteiger partial charge on any atom is -0.356 e. The lowest BCUT2D eigenvalue weighted by Gasteiger charge is -2.20. The molecule has 0 unspecified atom stereocenters. The predicted molar refractivity (Wildman–Crippen MR) is 89.9 cm³/mol. The number of hydrogen-bond acceptors (Lipinski definition) is 3. The molecule has 23 heavy (non-hydrogen) atoms. The Morgan fingerprint density at radius 3 is 2.57 bits per heavy atom. The zero-order chi connectivity index (χ0) is 16.1. The second kappa shape index (κ2) is 8.13. The SMILES string of the molecule is O=C(CCCNC(=O)C1CC1)N[C@@H]1CCN(CC2CCCC2)C1. The van der Waals surface area contributed by atoms with Crippen LogP contribution in [0.4, 0.5) is 0 Å². The summed E-state index contributed by atoms with van der Waals surface area (Å²) in [4.78, 5) is 26.0. The normalized spacial score (nSPS) is 25.7. The molecule has 3 aliphatic rings. The van der Waals surface area contributed by atoms with Gasteiger partial charge in [-0.2, -0.15) is 0 Å². The first kappa shape index (κ1) is 16.7. The molecule has 2 saturated carbocycles. The monoisotopic (exact) mass is 321 g/mol. The maximum absolute atomic E-state index is 12.0. The number of likely N-dealkylation sites (tertiary alicyclic amines) is 1. The Morgan fingerprint density at radius 2 is 1.83 bits per heavy atom. The second-order valence-electron chi connectivity index (χ2n) is 7.63. The summed E-state index contributed by atoms with van der Waals surface area (Å²) in [6.07, 6.45) is 9.98. The van der Waals surface area contributed by atoms with Crippen molar-refractivity contribution in [3.05, 3.63) is 0 Å². The summed E-state index contributed by atoms with van der Waals surface area (Å²) in [5.74, 6) is 1.45. The summed E-state index contributed by atoms with van der Waals surface area (Å²) in [6.45, 7) is 3.99. The molecule has 3 fully saturated rings. The molecule has 0 aromatic heterocycles. The van der Waals surface area contributed by atoms with Crippen LogP contribution < -0.4 is 10.6 Å². The maximum Gasteiger partial charge on any atom is 0.223 e. The molecule has 130 valence electrons. The van der Waals surface area contributed by atoms with Crippen LogP contribution in [0.3, 0.4) is 0 Å². The van der Waals surface area contributed by atoms with Crippen molar-refractivity contribution >= 4 is 11.8 Å². The van der Waals surface area contributed by atoms with Gasteiger partial charge in [-0.05, 0) is 44.4 Å². The van der Waals surface area contributed by atoms with Crippen molar-refractivity contribution in [2.45, 2.75) is 63.8 Å². The molecule has 5 nitrogen and oxygen atoms in total. The van der Waals surface area contributed by atoms with E-state index in [9.17, 15) is 9.59 Å². The third-order valence-corrected chi connectivity index (χ3v) is 5.46. The summed E-state index contributed by atoms with van der Waals surface area (Å²) in [6, 6.07) is 0.324. The van der Waals surface area contributed by atoms with Crippen LogP contribution in [0.15, 0.2) is 0 Å². The zero-order valence-electron chi connectivity index (χ0n) is 14.2. The molecule has 1 aliphatic heterocycles. The smallest absolute Gasteiger partial charge is 0.223 e. The van der Waals surface area contributed by atoms with Crippen LogP contribution in [-0.4, -0.2) is 48.9 Å². The molecule has 1 saturated heterocycles. The average Bonchev–Trinajstić information content (AvgIpc) is 3.10. The van der Waals surface area contributed by atoms with Gasteiger partial charge in [-0.15, -0.1) is 0 Å². The van der Waals surface area contributed by atoms with Crippen molar-refractivity contribution in [3.63, 3.8) is 0 Å². The van der Waals surface area contributed by atoms with Gasteiger partial charge in [0.15, 0.2) is 0 Å². The van der Waals surface area contributed by atoms with Gasteiger partial charge in [0, 0.05) is 44.6 Å². The predicted octanol–water partition coefficient (Wildman–Crippen LogP) is 1.67. The van der Waals surface area contributed by atoms with Crippen LogP contribution in [0.1, 0.15) is 57.8 Å². The molecular formula is C18H31N3O2. The standard InChI is InChI=1S/C18H31N3O2/c22-17(6-3-10-19-18(23)15-7-8-15)20-16-9-11-21(13-16)12-14-4-1-2-5-14/h14-16H,1-13H2,(H,19,23)(H,20,22)/t16-/m1/s1. The quantitative estimate of drug-likeness (QED) is 0.669. The number of amides is 2. The van der Waals surface area contributed by atoms with Crippen LogP contribution in [-0.2, 0) is 9.59 Å². The van der Waals surface area contributed by atoms with Crippen molar-refractivity contribution in [2.75, 3.05) is 26.2 Å². The largest absolute Gasteiger partial charge is 0.356 e. The van der Waals surface area contributed by atoms with Gasteiger partial charge >= 0.3 is 0 Å². The lowest BCUT2D eigenvalue weighted by atomic mass is 10.1. The molecule has 0 aromatic carbocycles. The number of nitrogens with one attached hydrogen (secondary N) is 2. The van der Waals surface area contributed by atoms with Gasteiger partial charge in [-0.1, -0.05) is 12.8 Å². The van der Waals surface area contributed by atoms with Crippen LogP contribution in [0, 0.1) is 11.8 Å². The minimum absolute atomic E-state index is 0.137. The van der Waals surface area contributed by atoms with Gasteiger partial charge in [0.2, 0.25) is 11.8 Å². The Balaban J connectivity index is 1.24. The molecule has 1 heterocycles. The lowest BCUT2D eigenvalue weighted by molar-refractivity contribution is -0.123. The highest BCUT2D eigenvalue weighted by Crippen LogP contribution is 2.28. The van der Waals surface area contributed by atoms with Crippen molar-refractivity contribution in [3.8, 4) is 0 Å². The van der Waals surface area contributed by atoms with E-state index < -0.39 is 0 Å². The number of nitrogens with zero attached hydrogens (tertiary/aromatic N) is 1. The molecule has 1 atom stereocenters. The van der Waals surface area contributed by atoms with Crippen LogP contribution in [0.25, 0.3) is 0 Å². The van der Waals surface area contributed by atoms with E-state index in [0.717, 1.165) is 44.7 Å². The zero-order valence-corrected chi connectivity index (χ0v) is 14.2. The number of rotatable bonds is 8. The van der Waals surface area contributed by atoms with E-state index in [1.165, 1.54) is 32.2 Å². The van der Waals surface area contributed by atoms with Crippen molar-refractivity contribution in [2.24, 2.45) is 11.8 Å². The van der Waals surface area contributed by atoms with Gasteiger partial charge in [0.05, 0.1) is 0 Å². The van der Waals surface area contributed by atoms with Crippen molar-refractivity contribution < 1.29 is 9.59 Å².